The minimum absolute atomic E-state index is 0.0435. The molecule has 36 nitrogen and oxygen atoms in total. The molecule has 4 saturated heterocycles. The summed E-state index contributed by atoms with van der Waals surface area (Å²) in [5.74, 6) is -14.8. The van der Waals surface area contributed by atoms with Crippen LogP contribution in [0.2, 0.25) is 0 Å². The van der Waals surface area contributed by atoms with Crippen molar-refractivity contribution in [1.82, 2.24) is 78.7 Å². The molecule has 2 bridgehead atoms. The van der Waals surface area contributed by atoms with E-state index in [4.69, 9.17) is 22.9 Å². The van der Waals surface area contributed by atoms with Gasteiger partial charge in [0, 0.05) is 73.7 Å². The summed E-state index contributed by atoms with van der Waals surface area (Å²) >= 11 is 0. The number of aromatic hydroxyl groups is 1. The molecule has 2 aromatic rings. The molecule has 1 aromatic carbocycles. The minimum Gasteiger partial charge on any atom is -0.508 e. The Hall–Kier alpha value is -8.60. The molecule has 4 aliphatic rings. The van der Waals surface area contributed by atoms with Gasteiger partial charge in [-0.1, -0.05) is 69.2 Å². The molecule has 4 aliphatic heterocycles. The molecule has 0 spiro atoms. The fourth-order valence-electron chi connectivity index (χ4n) is 10.4. The Kier molecular flexibility index (Phi) is 31.3. The summed E-state index contributed by atoms with van der Waals surface area (Å²) in [6, 6.07) is -10.4. The highest BCUT2D eigenvalue weighted by Gasteiger charge is 2.44. The summed E-state index contributed by atoms with van der Waals surface area (Å²) in [6.45, 7) is 1.45. The van der Waals surface area contributed by atoms with Crippen molar-refractivity contribution >= 4 is 132 Å². The smallest absolute Gasteiger partial charge is 0.246 e. The fourth-order valence-corrected chi connectivity index (χ4v) is 15.1. The number of aromatic amines is 1. The Balaban J connectivity index is 1.42. The number of nitrogens with two attached hydrogens (primary N) is 4. The lowest BCUT2D eigenvalue weighted by molar-refractivity contribution is -0.142. The van der Waals surface area contributed by atoms with Crippen LogP contribution < -0.4 is 86.7 Å². The van der Waals surface area contributed by atoms with Crippen molar-refractivity contribution in [2.24, 2.45) is 33.8 Å². The predicted molar refractivity (Wildman–Crippen MR) is 361 cm³/mol. The van der Waals surface area contributed by atoms with Crippen LogP contribution in [0.4, 0.5) is 0 Å². The number of guanidine groups is 1. The lowest BCUT2D eigenvalue weighted by Crippen LogP contribution is -2.61. The van der Waals surface area contributed by atoms with Crippen LogP contribution in [0, 0.1) is 5.92 Å². The number of aliphatic imine (C=N–C) groups is 1. The molecule has 0 radical (unpaired) electrons. The van der Waals surface area contributed by atoms with Gasteiger partial charge >= 0.3 is 0 Å². The minimum atomic E-state index is -1.65. The number of H-pyrrole nitrogens is 1. The zero-order valence-electron chi connectivity index (χ0n) is 53.8. The number of aliphatic hydroxyl groups excluding tert-OH is 1. The summed E-state index contributed by atoms with van der Waals surface area (Å²) in [4.78, 5) is 209. The van der Waals surface area contributed by atoms with Gasteiger partial charge in [-0.2, -0.15) is 0 Å². The molecule has 5 heterocycles. The number of carbonyl (C=O) groups is 14. The van der Waals surface area contributed by atoms with Gasteiger partial charge < -0.3 is 107 Å². The van der Waals surface area contributed by atoms with Gasteiger partial charge in [-0.3, -0.25) is 72.1 Å². The quantitative estimate of drug-likeness (QED) is 0.0253. The van der Waals surface area contributed by atoms with E-state index in [1.165, 1.54) is 36.8 Å². The molecule has 12 atom stereocenters. The molecule has 23 N–H and O–H groups in total. The first-order valence-corrected chi connectivity index (χ1v) is 36.5. The molecule has 6 rings (SSSR count). The van der Waals surface area contributed by atoms with Crippen molar-refractivity contribution < 1.29 is 77.3 Å². The first-order chi connectivity index (χ1) is 46.7. The van der Waals surface area contributed by atoms with E-state index in [9.17, 15) is 72.5 Å². The van der Waals surface area contributed by atoms with Gasteiger partial charge in [-0.15, -0.1) is 0 Å². The van der Waals surface area contributed by atoms with Crippen LogP contribution >= 0.6 is 43.2 Å². The van der Waals surface area contributed by atoms with Crippen molar-refractivity contribution in [2.45, 2.75) is 151 Å². The number of aliphatic hydroxyl groups is 1. The number of nitrogens with one attached hydrogen (secondary N) is 13. The van der Waals surface area contributed by atoms with Gasteiger partial charge in [0.1, 0.15) is 72.2 Å². The zero-order valence-corrected chi connectivity index (χ0v) is 57.1. The number of carbonyl (C=O) groups excluding carboxylic acids is 14. The Morgan fingerprint density at radius 2 is 1.33 bits per heavy atom. The van der Waals surface area contributed by atoms with Crippen molar-refractivity contribution in [3.05, 3.63) is 48.0 Å². The number of phenols is 1. The highest BCUT2D eigenvalue weighted by Crippen LogP contribution is 2.27. The highest BCUT2D eigenvalue weighted by molar-refractivity contribution is 8.77. The van der Waals surface area contributed by atoms with Gasteiger partial charge in [0.15, 0.2) is 5.96 Å². The SMILES string of the molecule is CC(C)[C@H](NC(=O)CNC(=O)[C@@H]1CCC(=O)N1)C(=O)N[C@H]1CSSC[C@@H](C(N)=O)NC(=O)[C@@H]2C[C@@H](O)CN2C(=O)[C@H](Cc2cnc[nH]2)NC(=O)[C@@H]2CSSC[C@H](NC1=O)C(=O)NCC(=O)N[C@@H](Cc1ccc(O)cc1)C(=O)N[C@@H](CCCCN)C(=O)N[C@@H](CCCN=C(N)N)C(=O)N2. The molecule has 40 heteroatoms. The van der Waals surface area contributed by atoms with Crippen LogP contribution in [-0.2, 0) is 80.0 Å². The van der Waals surface area contributed by atoms with E-state index in [1.807, 2.05) is 0 Å². The summed E-state index contributed by atoms with van der Waals surface area (Å²) in [5, 5.41) is 52.1. The largest absolute Gasteiger partial charge is 0.508 e. The van der Waals surface area contributed by atoms with E-state index >= 15 is 4.79 Å². The summed E-state index contributed by atoms with van der Waals surface area (Å²) < 4.78 is 0. The number of fused-ring (bicyclic) bond motifs is 6. The monoisotopic (exact) mass is 1450 g/mol. The van der Waals surface area contributed by atoms with Crippen LogP contribution in [0.3, 0.4) is 0 Å². The highest BCUT2D eigenvalue weighted by atomic mass is 33.1. The van der Waals surface area contributed by atoms with Gasteiger partial charge in [0.05, 0.1) is 25.5 Å². The summed E-state index contributed by atoms with van der Waals surface area (Å²) in [5.41, 5.74) is 23.6. The van der Waals surface area contributed by atoms with E-state index < -0.39 is 186 Å². The molecule has 4 fully saturated rings. The number of benzene rings is 1. The molecular formula is C58H86N20O16S4. The van der Waals surface area contributed by atoms with Crippen molar-refractivity contribution in [3.8, 4) is 5.75 Å². The molecule has 0 aliphatic carbocycles. The standard InChI is InChI=1S/C58H86N20O16S4/c1-28(2)46(77-45(83)21-65-48(85)35-12-13-43(81)68-35)56(93)76-41-26-97-95-23-38(47(60)84)73-55(92)42-18-32(80)22-78(42)57(94)37(17-30-19-63-27-67-30)72-53(90)40-25-98-96-24-39(74-54(41)91)49(86)66-20-44(82)69-36(16-29-8-10-31(79)11-9-29)52(89)71-33(6-3-4-14-59)50(87)70-34(51(88)75-40)7-5-15-64-58(61)62/h8-11,19,27-28,32-42,46,79-80H,3-7,12-18,20-26,59H2,1-2H3,(H2,60,84)(H,63,67)(H,65,85)(H,66,86)(H,68,81)(H,69,82)(H,70,87)(H,71,89)(H,72,90)(H,73,92)(H,74,91)(H,75,88)(H,76,93)(H,77,83)(H4,61,62,64)/t32-,33+,34+,35+,36+,37+,38+,39+,40+,41+,42+,46+/m1/s1. The Bertz CT molecular complexity index is 3210. The van der Waals surface area contributed by atoms with E-state index in [-0.39, 0.29) is 100.0 Å². The predicted octanol–water partition coefficient (Wildman–Crippen LogP) is -7.15. The second-order valence-electron chi connectivity index (χ2n) is 23.8. The van der Waals surface area contributed by atoms with Gasteiger partial charge in [0.2, 0.25) is 82.7 Å². The molecule has 14 amide bonds. The summed E-state index contributed by atoms with van der Waals surface area (Å²) in [7, 11) is 3.57. The molecule has 0 unspecified atom stereocenters. The topological polar surface area (TPSA) is 572 Å². The van der Waals surface area contributed by atoms with Gasteiger partial charge in [-0.05, 0) is 68.7 Å². The Morgan fingerprint density at radius 1 is 0.694 bits per heavy atom. The number of phenolic OH excluding ortho intramolecular Hbond substituents is 1. The lowest BCUT2D eigenvalue weighted by atomic mass is 10.0. The Morgan fingerprint density at radius 3 is 1.96 bits per heavy atom. The van der Waals surface area contributed by atoms with Crippen LogP contribution in [0.15, 0.2) is 41.8 Å². The second kappa shape index (κ2) is 39.1. The van der Waals surface area contributed by atoms with E-state index in [0.29, 0.717) is 17.7 Å². The maximum Gasteiger partial charge on any atom is 0.246 e. The average Bonchev–Trinajstić information content (AvgIpc) is 1.35. The third kappa shape index (κ3) is 25.0. The van der Waals surface area contributed by atoms with Crippen molar-refractivity contribution in [2.75, 3.05) is 55.7 Å². The second-order valence-corrected chi connectivity index (χ2v) is 28.9. The van der Waals surface area contributed by atoms with Crippen molar-refractivity contribution in [1.29, 1.82) is 0 Å². The molecular weight excluding hydrogens is 1360 g/mol. The maximum absolute atomic E-state index is 15.0. The van der Waals surface area contributed by atoms with Gasteiger partial charge in [0.25, 0.3) is 0 Å². The van der Waals surface area contributed by atoms with E-state index in [0.717, 1.165) is 48.1 Å². The number of nitrogens with zero attached hydrogens (tertiary/aromatic N) is 3. The number of primary amides is 1. The number of unbranched alkanes of at least 4 members (excludes halogenated alkanes) is 1. The van der Waals surface area contributed by atoms with Crippen LogP contribution in [0.25, 0.3) is 0 Å². The third-order valence-electron chi connectivity index (χ3n) is 15.7. The molecule has 98 heavy (non-hydrogen) atoms. The molecule has 538 valence electrons. The Labute approximate surface area is 579 Å². The lowest BCUT2D eigenvalue weighted by Gasteiger charge is -2.30. The molecule has 0 saturated carbocycles. The number of aromatic nitrogens is 2. The first-order valence-electron chi connectivity index (χ1n) is 31.5. The number of hydrogen-bond donors (Lipinski definition) is 19. The number of amides is 14. The van der Waals surface area contributed by atoms with Crippen LogP contribution in [-0.4, -0.2) is 242 Å². The fraction of sp³-hybridized carbons (Fsp3) is 0.586. The average molecular weight is 1450 g/mol. The first kappa shape index (κ1) is 78.4. The van der Waals surface area contributed by atoms with Crippen LogP contribution in [0.1, 0.15) is 76.5 Å². The number of hydrogen-bond acceptors (Lipinski definition) is 23. The third-order valence-corrected chi connectivity index (χ3v) is 20.6. The van der Waals surface area contributed by atoms with E-state index in [1.54, 1.807) is 13.8 Å². The maximum atomic E-state index is 15.0. The number of imidazole rings is 1. The normalized spacial score (nSPS) is 25.8. The molecule has 1 aromatic heterocycles. The van der Waals surface area contributed by atoms with Crippen molar-refractivity contribution in [3.63, 3.8) is 0 Å². The van der Waals surface area contributed by atoms with Gasteiger partial charge in [-0.25, -0.2) is 4.98 Å². The number of rotatable bonds is 20. The van der Waals surface area contributed by atoms with E-state index in [2.05, 4.69) is 78.8 Å². The summed E-state index contributed by atoms with van der Waals surface area (Å²) in [6.07, 6.45) is 1.32. The zero-order chi connectivity index (χ0) is 71.6. The van der Waals surface area contributed by atoms with Crippen LogP contribution in [0.5, 0.6) is 5.75 Å².